The number of hydrogen-bond donors (Lipinski definition) is 0. The number of hydrogen-bond acceptors (Lipinski definition) is 1. The summed E-state index contributed by atoms with van der Waals surface area (Å²) in [5, 5.41) is 0. The monoisotopic (exact) mass is 241 g/mol. The topological polar surface area (TPSA) is 22.0 Å². The van der Waals surface area contributed by atoms with Crippen LogP contribution in [0.1, 0.15) is 18.4 Å². The van der Waals surface area contributed by atoms with Gasteiger partial charge >= 0.3 is 0 Å². The minimum absolute atomic E-state index is 0.104. The van der Waals surface area contributed by atoms with Crippen LogP contribution in [0, 0.1) is 12.8 Å². The minimum atomic E-state index is 0.104. The molecule has 3 heteroatoms. The van der Waals surface area contributed by atoms with Gasteiger partial charge in [-0.1, -0.05) is 0 Å². The zero-order valence-corrected chi connectivity index (χ0v) is 9.17. The molecule has 0 saturated heterocycles. The van der Waals surface area contributed by atoms with Crippen molar-refractivity contribution < 1.29 is 0 Å². The third-order valence-corrected chi connectivity index (χ3v) is 2.94. The molecule has 0 atom stereocenters. The van der Waals surface area contributed by atoms with Gasteiger partial charge in [-0.05, 0) is 41.6 Å². The largest absolute Gasteiger partial charge is 0.352 e. The predicted octanol–water partition coefficient (Wildman–Crippen LogP) is 2.33. The molecule has 0 aliphatic heterocycles. The summed E-state index contributed by atoms with van der Waals surface area (Å²) < 4.78 is 2.78. The second-order valence-corrected chi connectivity index (χ2v) is 4.61. The molecule has 1 saturated carbocycles. The predicted molar refractivity (Wildman–Crippen MR) is 55.9 cm³/mol. The molecule has 1 aromatic rings. The van der Waals surface area contributed by atoms with Gasteiger partial charge in [0.1, 0.15) is 0 Å². The van der Waals surface area contributed by atoms with Gasteiger partial charge in [-0.15, -0.1) is 0 Å². The molecule has 2 nitrogen and oxygen atoms in total. The van der Waals surface area contributed by atoms with Crippen LogP contribution < -0.4 is 5.43 Å². The van der Waals surface area contributed by atoms with Crippen molar-refractivity contribution in [2.24, 2.45) is 5.92 Å². The molecule has 0 amide bonds. The number of aryl methyl sites for hydroxylation is 1. The maximum atomic E-state index is 11.4. The summed E-state index contributed by atoms with van der Waals surface area (Å²) in [5.41, 5.74) is 0.919. The molecule has 70 valence electrons. The summed E-state index contributed by atoms with van der Waals surface area (Å²) in [4.78, 5) is 11.4. The molecule has 1 aromatic heterocycles. The highest BCUT2D eigenvalue weighted by Gasteiger charge is 2.21. The van der Waals surface area contributed by atoms with E-state index < -0.39 is 0 Å². The van der Waals surface area contributed by atoms with Crippen molar-refractivity contribution in [1.29, 1.82) is 0 Å². The molecule has 0 unspecified atom stereocenters. The SMILES string of the molecule is Cc1cn(CC2CC2)cc(Br)c1=O. The van der Waals surface area contributed by atoms with E-state index in [1.54, 1.807) is 0 Å². The van der Waals surface area contributed by atoms with Gasteiger partial charge in [0.2, 0.25) is 0 Å². The number of rotatable bonds is 2. The molecule has 1 aliphatic carbocycles. The standard InChI is InChI=1S/C10H12BrNO/c1-7-4-12(5-8-2-3-8)6-9(11)10(7)13/h4,6,8H,2-3,5H2,1H3. The van der Waals surface area contributed by atoms with Gasteiger partial charge in [-0.2, -0.15) is 0 Å². The Labute approximate surface area is 85.7 Å². The second kappa shape index (κ2) is 3.29. The van der Waals surface area contributed by atoms with Gasteiger partial charge in [-0.25, -0.2) is 0 Å². The van der Waals surface area contributed by atoms with E-state index in [2.05, 4.69) is 20.5 Å². The van der Waals surface area contributed by atoms with Gasteiger partial charge in [0.05, 0.1) is 4.47 Å². The lowest BCUT2D eigenvalue weighted by atomic mass is 10.3. The summed E-state index contributed by atoms with van der Waals surface area (Å²) in [6.45, 7) is 2.91. The first-order valence-corrected chi connectivity index (χ1v) is 5.32. The highest BCUT2D eigenvalue weighted by molar-refractivity contribution is 9.10. The molecular formula is C10H12BrNO. The molecule has 13 heavy (non-hydrogen) atoms. The Bertz CT molecular complexity index is 353. The summed E-state index contributed by atoms with van der Waals surface area (Å²) in [6.07, 6.45) is 6.49. The summed E-state index contributed by atoms with van der Waals surface area (Å²) in [6, 6.07) is 0. The number of nitrogens with zero attached hydrogens (tertiary/aromatic N) is 1. The van der Waals surface area contributed by atoms with Crippen LogP contribution in [0.4, 0.5) is 0 Å². The van der Waals surface area contributed by atoms with Crippen molar-refractivity contribution >= 4 is 15.9 Å². The van der Waals surface area contributed by atoms with Crippen LogP contribution in [0.3, 0.4) is 0 Å². The van der Waals surface area contributed by atoms with Crippen molar-refractivity contribution in [2.45, 2.75) is 26.3 Å². The fourth-order valence-electron chi connectivity index (χ4n) is 1.44. The van der Waals surface area contributed by atoms with E-state index in [1.165, 1.54) is 12.8 Å². The maximum Gasteiger partial charge on any atom is 0.198 e. The lowest BCUT2D eigenvalue weighted by molar-refractivity contribution is 0.619. The molecule has 0 N–H and O–H groups in total. The first kappa shape index (κ1) is 9.00. The molecular weight excluding hydrogens is 230 g/mol. The average Bonchev–Trinajstić information content (AvgIpc) is 2.84. The molecule has 0 radical (unpaired) electrons. The summed E-state index contributed by atoms with van der Waals surface area (Å²) in [5.74, 6) is 0.841. The second-order valence-electron chi connectivity index (χ2n) is 3.76. The fourth-order valence-corrected chi connectivity index (χ4v) is 2.02. The molecule has 1 heterocycles. The normalized spacial score (nSPS) is 16.2. The van der Waals surface area contributed by atoms with E-state index in [1.807, 2.05) is 19.3 Å². The molecule has 1 aliphatic rings. The molecule has 1 fully saturated rings. The van der Waals surface area contributed by atoms with Gasteiger partial charge in [0.15, 0.2) is 5.43 Å². The highest BCUT2D eigenvalue weighted by atomic mass is 79.9. The Hall–Kier alpha value is -0.570. The number of aromatic nitrogens is 1. The Morgan fingerprint density at radius 3 is 2.77 bits per heavy atom. The zero-order valence-electron chi connectivity index (χ0n) is 7.59. The van der Waals surface area contributed by atoms with Crippen LogP contribution >= 0.6 is 15.9 Å². The lowest BCUT2D eigenvalue weighted by Gasteiger charge is -2.06. The minimum Gasteiger partial charge on any atom is -0.352 e. The summed E-state index contributed by atoms with van der Waals surface area (Å²) >= 11 is 3.27. The quantitative estimate of drug-likeness (QED) is 0.780. The Morgan fingerprint density at radius 2 is 2.23 bits per heavy atom. The Kier molecular flexibility index (Phi) is 2.28. The van der Waals surface area contributed by atoms with Gasteiger partial charge in [0, 0.05) is 24.5 Å². The Balaban J connectivity index is 2.31. The first-order valence-electron chi connectivity index (χ1n) is 4.53. The van der Waals surface area contributed by atoms with Gasteiger partial charge in [-0.3, -0.25) is 4.79 Å². The highest BCUT2D eigenvalue weighted by Crippen LogP contribution is 2.30. The van der Waals surface area contributed by atoms with E-state index in [0.717, 1.165) is 18.0 Å². The third-order valence-electron chi connectivity index (χ3n) is 2.38. The fraction of sp³-hybridized carbons (Fsp3) is 0.500. The van der Waals surface area contributed by atoms with Crippen molar-refractivity contribution in [3.63, 3.8) is 0 Å². The van der Waals surface area contributed by atoms with E-state index in [9.17, 15) is 4.79 Å². The van der Waals surface area contributed by atoms with Crippen molar-refractivity contribution in [3.05, 3.63) is 32.7 Å². The summed E-state index contributed by atoms with van der Waals surface area (Å²) in [7, 11) is 0. The van der Waals surface area contributed by atoms with Gasteiger partial charge < -0.3 is 4.57 Å². The molecule has 0 bridgehead atoms. The van der Waals surface area contributed by atoms with Crippen LogP contribution in [0.5, 0.6) is 0 Å². The van der Waals surface area contributed by atoms with Crippen molar-refractivity contribution in [3.8, 4) is 0 Å². The Morgan fingerprint density at radius 1 is 1.54 bits per heavy atom. The van der Waals surface area contributed by atoms with Crippen molar-refractivity contribution in [2.75, 3.05) is 0 Å². The van der Waals surface area contributed by atoms with Crippen LogP contribution in [0.25, 0.3) is 0 Å². The third kappa shape index (κ3) is 2.02. The first-order chi connectivity index (χ1) is 6.16. The average molecular weight is 242 g/mol. The maximum absolute atomic E-state index is 11.4. The van der Waals surface area contributed by atoms with E-state index in [4.69, 9.17) is 0 Å². The zero-order chi connectivity index (χ0) is 9.42. The van der Waals surface area contributed by atoms with Crippen LogP contribution in [0.2, 0.25) is 0 Å². The molecule has 0 aromatic carbocycles. The molecule has 2 rings (SSSR count). The molecule has 0 spiro atoms. The lowest BCUT2D eigenvalue weighted by Crippen LogP contribution is -2.11. The van der Waals surface area contributed by atoms with Gasteiger partial charge in [0.25, 0.3) is 0 Å². The smallest absolute Gasteiger partial charge is 0.198 e. The van der Waals surface area contributed by atoms with E-state index >= 15 is 0 Å². The number of halogens is 1. The number of pyridine rings is 1. The van der Waals surface area contributed by atoms with Crippen LogP contribution in [0.15, 0.2) is 21.7 Å². The van der Waals surface area contributed by atoms with Crippen molar-refractivity contribution in [1.82, 2.24) is 4.57 Å². The van der Waals surface area contributed by atoms with Crippen LogP contribution in [-0.2, 0) is 6.54 Å². The van der Waals surface area contributed by atoms with Crippen LogP contribution in [-0.4, -0.2) is 4.57 Å². The van der Waals surface area contributed by atoms with E-state index in [0.29, 0.717) is 4.47 Å². The van der Waals surface area contributed by atoms with E-state index in [-0.39, 0.29) is 5.43 Å².